The highest BCUT2D eigenvalue weighted by Crippen LogP contribution is 2.25. The number of hydrogen-bond donors (Lipinski definition) is 9. The number of aliphatic carboxylic acids is 2. The van der Waals surface area contributed by atoms with Gasteiger partial charge >= 0.3 is 11.9 Å². The average molecular weight is 729 g/mol. The zero-order valence-corrected chi connectivity index (χ0v) is 29.5. The van der Waals surface area contributed by atoms with Gasteiger partial charge in [-0.1, -0.05) is 57.0 Å². The Balaban J connectivity index is 3.37. The van der Waals surface area contributed by atoms with E-state index < -0.39 is 90.3 Å². The Kier molecular flexibility index (Phi) is 19.6. The van der Waals surface area contributed by atoms with Crippen molar-refractivity contribution in [3.05, 3.63) is 0 Å². The lowest BCUT2D eigenvalue weighted by Gasteiger charge is -2.26. The second-order valence-corrected chi connectivity index (χ2v) is 15.5. The molecule has 1 rings (SSSR count). The summed E-state index contributed by atoms with van der Waals surface area (Å²) in [7, 11) is 7.47. The van der Waals surface area contributed by atoms with Gasteiger partial charge in [0.15, 0.2) is 5.78 Å². The number of aliphatic hydroxyl groups excluding tert-OH is 1. The van der Waals surface area contributed by atoms with Crippen LogP contribution in [0.5, 0.6) is 0 Å². The Hall–Kier alpha value is -2.23. The molecule has 4 amide bonds. The summed E-state index contributed by atoms with van der Waals surface area (Å²) in [5.74, 6) is -6.38. The van der Waals surface area contributed by atoms with E-state index in [1.807, 2.05) is 6.92 Å². The Morgan fingerprint density at radius 2 is 1.24 bits per heavy atom. The number of carbonyl (C=O) groups is 7. The van der Waals surface area contributed by atoms with Gasteiger partial charge in [-0.05, 0) is 27.4 Å². The van der Waals surface area contributed by atoms with Crippen molar-refractivity contribution in [2.75, 3.05) is 37.1 Å². The molecule has 20 heteroatoms. The molecule has 0 saturated carbocycles. The van der Waals surface area contributed by atoms with E-state index in [1.54, 1.807) is 6.92 Å². The maximum absolute atomic E-state index is 13.3. The number of rotatable bonds is 9. The molecule has 1 aliphatic rings. The van der Waals surface area contributed by atoms with Gasteiger partial charge in [-0.25, -0.2) is 4.79 Å². The molecule has 0 aliphatic carbocycles. The molecule has 1 heterocycles. The number of carboxylic acid groups (broad SMARTS) is 2. The SMILES string of the molecule is CCC(C)C(=O)[C@@H]1CSSC[C@H](NC)C(=O)NC([C@@H](C)O)C(=O)N[C@H](C(=O)O)CSSC[C@H](NC)C(=O)N[C@@H](CC(=O)O)C(=O)N1. The molecule has 2 unspecified atom stereocenters. The van der Waals surface area contributed by atoms with E-state index in [1.165, 1.54) is 42.6 Å². The first-order valence-corrected chi connectivity index (χ1v) is 19.3. The maximum Gasteiger partial charge on any atom is 0.327 e. The first kappa shape index (κ1) is 41.8. The number of aliphatic hydroxyl groups is 1. The van der Waals surface area contributed by atoms with Gasteiger partial charge in [0, 0.05) is 28.9 Å². The molecule has 0 radical (unpaired) electrons. The molecule has 262 valence electrons. The van der Waals surface area contributed by atoms with Gasteiger partial charge in [0.05, 0.1) is 30.7 Å². The van der Waals surface area contributed by atoms with Crippen LogP contribution in [0, 0.1) is 5.92 Å². The highest BCUT2D eigenvalue weighted by molar-refractivity contribution is 8.77. The van der Waals surface area contributed by atoms with E-state index in [4.69, 9.17) is 0 Å². The molecule has 8 atom stereocenters. The number of ketones is 1. The Morgan fingerprint density at radius 3 is 1.70 bits per heavy atom. The van der Waals surface area contributed by atoms with Crippen LogP contribution in [0.15, 0.2) is 0 Å². The first-order chi connectivity index (χ1) is 21.7. The Bertz CT molecular complexity index is 1090. The summed E-state index contributed by atoms with van der Waals surface area (Å²) in [6, 6.07) is -7.15. The zero-order valence-electron chi connectivity index (χ0n) is 26.2. The van der Waals surface area contributed by atoms with Crippen molar-refractivity contribution in [3.8, 4) is 0 Å². The largest absolute Gasteiger partial charge is 0.481 e. The summed E-state index contributed by atoms with van der Waals surface area (Å²) in [4.78, 5) is 88.9. The third kappa shape index (κ3) is 14.3. The molecule has 1 saturated heterocycles. The first-order valence-electron chi connectivity index (χ1n) is 14.4. The smallest absolute Gasteiger partial charge is 0.327 e. The molecule has 0 spiro atoms. The predicted octanol–water partition coefficient (Wildman–Crippen LogP) is -1.57. The van der Waals surface area contributed by atoms with Gasteiger partial charge in [-0.2, -0.15) is 0 Å². The molecule has 9 N–H and O–H groups in total. The number of likely N-dealkylation sites (N-methyl/N-ethyl adjacent to an activating group) is 2. The average Bonchev–Trinajstić information content (AvgIpc) is 2.99. The van der Waals surface area contributed by atoms with Crippen LogP contribution in [-0.2, 0) is 33.6 Å². The van der Waals surface area contributed by atoms with E-state index >= 15 is 0 Å². The van der Waals surface area contributed by atoms with Crippen molar-refractivity contribution in [1.29, 1.82) is 0 Å². The van der Waals surface area contributed by atoms with Gasteiger partial charge in [0.25, 0.3) is 0 Å². The standard InChI is InChI=1S/C26H44N6O10S4/c1-6-12(2)21(36)15-8-43-44-10-17(28-5)24(39)32-20(13(3)33)25(40)31-18(26(41)42)11-46-45-9-16(27-4)23(38)29-14(7-19(34)35)22(37)30-15/h12-18,20,27-28,33H,6-11H2,1-5H3,(H,29,38)(H,30,37)(H,31,40)(H,32,39)(H,34,35)(H,41,42)/t12?,13-,14+,15+,16+,17+,18+,20?/m1/s1. The van der Waals surface area contributed by atoms with Crippen molar-refractivity contribution >= 4 is 84.5 Å². The summed E-state index contributed by atoms with van der Waals surface area (Å²) in [5, 5.41) is 44.7. The third-order valence-corrected chi connectivity index (χ3v) is 11.7. The fraction of sp³-hybridized carbons (Fsp3) is 0.731. The van der Waals surface area contributed by atoms with Crippen molar-refractivity contribution < 1.29 is 48.9 Å². The second-order valence-electron chi connectivity index (χ2n) is 10.4. The molecule has 1 fully saturated rings. The Morgan fingerprint density at radius 1 is 0.761 bits per heavy atom. The highest BCUT2D eigenvalue weighted by atomic mass is 33.1. The Labute approximate surface area is 283 Å². The summed E-state index contributed by atoms with van der Waals surface area (Å²) < 4.78 is 0. The quantitative estimate of drug-likeness (QED) is 0.122. The minimum Gasteiger partial charge on any atom is -0.481 e. The minimum atomic E-state index is -1.49. The molecule has 0 bridgehead atoms. The van der Waals surface area contributed by atoms with Crippen LogP contribution in [0.25, 0.3) is 0 Å². The predicted molar refractivity (Wildman–Crippen MR) is 179 cm³/mol. The summed E-state index contributed by atoms with van der Waals surface area (Å²) >= 11 is 0. The number of amides is 4. The highest BCUT2D eigenvalue weighted by Gasteiger charge is 2.34. The second kappa shape index (κ2) is 21.6. The van der Waals surface area contributed by atoms with Gasteiger partial charge in [-0.3, -0.25) is 28.8 Å². The van der Waals surface area contributed by atoms with Gasteiger partial charge in [0.2, 0.25) is 23.6 Å². The molecule has 0 aromatic carbocycles. The zero-order chi connectivity index (χ0) is 35.0. The van der Waals surface area contributed by atoms with Crippen molar-refractivity contribution in [3.63, 3.8) is 0 Å². The normalized spacial score (nSPS) is 28.1. The molecule has 46 heavy (non-hydrogen) atoms. The third-order valence-electron chi connectivity index (χ3n) is 6.88. The molecule has 0 aromatic rings. The van der Waals surface area contributed by atoms with Crippen LogP contribution in [0.1, 0.15) is 33.6 Å². The van der Waals surface area contributed by atoms with Crippen molar-refractivity contribution in [1.82, 2.24) is 31.9 Å². The van der Waals surface area contributed by atoms with E-state index in [9.17, 15) is 48.9 Å². The lowest BCUT2D eigenvalue weighted by Crippen LogP contribution is -2.59. The van der Waals surface area contributed by atoms with Gasteiger partial charge < -0.3 is 47.2 Å². The molecular formula is C26H44N6O10S4. The fourth-order valence-electron chi connectivity index (χ4n) is 3.81. The van der Waals surface area contributed by atoms with Crippen LogP contribution in [0.4, 0.5) is 0 Å². The number of hydrogen-bond acceptors (Lipinski definition) is 14. The van der Waals surface area contributed by atoms with Crippen LogP contribution in [-0.4, -0.2) is 136 Å². The van der Waals surface area contributed by atoms with E-state index in [-0.39, 0.29) is 28.8 Å². The van der Waals surface area contributed by atoms with Crippen LogP contribution >= 0.6 is 43.2 Å². The van der Waals surface area contributed by atoms with E-state index in [0.29, 0.717) is 6.42 Å². The summed E-state index contributed by atoms with van der Waals surface area (Å²) in [6.45, 7) is 4.79. The maximum atomic E-state index is 13.3. The fourth-order valence-corrected chi connectivity index (χ4v) is 8.63. The topological polar surface area (TPSA) is 252 Å². The number of Topliss-reactive ketones (excluding diaryl/α,β-unsaturated/α-hetero) is 1. The lowest BCUT2D eigenvalue weighted by molar-refractivity contribution is -0.142. The van der Waals surface area contributed by atoms with Gasteiger partial charge in [-0.15, -0.1) is 0 Å². The molecule has 1 aliphatic heterocycles. The molecule has 16 nitrogen and oxygen atoms in total. The van der Waals surface area contributed by atoms with Crippen molar-refractivity contribution in [2.24, 2.45) is 5.92 Å². The monoisotopic (exact) mass is 728 g/mol. The summed E-state index contributed by atoms with van der Waals surface area (Å²) in [5.41, 5.74) is 0. The number of carboxylic acids is 2. The molecule has 0 aromatic heterocycles. The minimum absolute atomic E-state index is 0.0632. The van der Waals surface area contributed by atoms with Gasteiger partial charge in [0.1, 0.15) is 18.1 Å². The van der Waals surface area contributed by atoms with Crippen LogP contribution in [0.2, 0.25) is 0 Å². The van der Waals surface area contributed by atoms with E-state index in [2.05, 4.69) is 31.9 Å². The van der Waals surface area contributed by atoms with E-state index in [0.717, 1.165) is 21.6 Å². The van der Waals surface area contributed by atoms with Crippen LogP contribution < -0.4 is 31.9 Å². The molecular weight excluding hydrogens is 685 g/mol. The summed E-state index contributed by atoms with van der Waals surface area (Å²) in [6.07, 6.45) is -1.61. The number of nitrogens with one attached hydrogen (secondary N) is 6. The van der Waals surface area contributed by atoms with Crippen molar-refractivity contribution in [2.45, 2.75) is 76.0 Å². The van der Waals surface area contributed by atoms with Crippen LogP contribution in [0.3, 0.4) is 0 Å². The lowest BCUT2D eigenvalue weighted by atomic mass is 9.98. The number of carbonyl (C=O) groups excluding carboxylic acids is 5.